The topological polar surface area (TPSA) is 83.7 Å². The first-order chi connectivity index (χ1) is 10.7. The van der Waals surface area contributed by atoms with Crippen LogP contribution in [0.2, 0.25) is 0 Å². The van der Waals surface area contributed by atoms with Crippen molar-refractivity contribution in [3.63, 3.8) is 0 Å². The Morgan fingerprint density at radius 3 is 2.61 bits per heavy atom. The van der Waals surface area contributed by atoms with Gasteiger partial charge in [-0.2, -0.15) is 0 Å². The lowest BCUT2D eigenvalue weighted by Crippen LogP contribution is -2.42. The molecule has 2 aromatic heterocycles. The minimum Gasteiger partial charge on any atom is -0.480 e. The van der Waals surface area contributed by atoms with E-state index < -0.39 is 17.9 Å². The molecule has 1 atom stereocenters. The molecule has 2 rings (SSSR count). The average Bonchev–Trinajstić information content (AvgIpc) is 2.73. The van der Waals surface area contributed by atoms with Crippen molar-refractivity contribution in [3.05, 3.63) is 33.7 Å². The lowest BCUT2D eigenvalue weighted by Gasteiger charge is -2.16. The van der Waals surface area contributed by atoms with Gasteiger partial charge in [0.25, 0.3) is 5.91 Å². The SMILES string of the molecule is Cc1nc2c(C)cc(Br)cn2c1C(=O)NC(CC(C)C)C(=O)O. The fraction of sp³-hybridized carbons (Fsp3) is 0.438. The number of hydrogen-bond donors (Lipinski definition) is 2. The van der Waals surface area contributed by atoms with E-state index in [9.17, 15) is 14.7 Å². The van der Waals surface area contributed by atoms with Crippen molar-refractivity contribution in [1.29, 1.82) is 0 Å². The number of imidazole rings is 1. The van der Waals surface area contributed by atoms with Crippen molar-refractivity contribution < 1.29 is 14.7 Å². The van der Waals surface area contributed by atoms with Crippen LogP contribution in [0, 0.1) is 19.8 Å². The third kappa shape index (κ3) is 3.72. The van der Waals surface area contributed by atoms with E-state index in [1.807, 2.05) is 26.8 Å². The molecule has 0 aliphatic rings. The second kappa shape index (κ2) is 6.70. The fourth-order valence-electron chi connectivity index (χ4n) is 2.57. The van der Waals surface area contributed by atoms with Crippen LogP contribution in [0.1, 0.15) is 42.0 Å². The Morgan fingerprint density at radius 1 is 1.39 bits per heavy atom. The summed E-state index contributed by atoms with van der Waals surface area (Å²) in [7, 11) is 0. The van der Waals surface area contributed by atoms with Gasteiger partial charge in [-0.1, -0.05) is 13.8 Å². The minimum atomic E-state index is -1.03. The smallest absolute Gasteiger partial charge is 0.326 e. The van der Waals surface area contributed by atoms with Crippen molar-refractivity contribution in [2.24, 2.45) is 5.92 Å². The molecular formula is C16H20BrN3O3. The number of carboxylic acids is 1. The highest BCUT2D eigenvalue weighted by Crippen LogP contribution is 2.20. The van der Waals surface area contributed by atoms with Gasteiger partial charge in [0, 0.05) is 10.7 Å². The minimum absolute atomic E-state index is 0.163. The average molecular weight is 382 g/mol. The van der Waals surface area contributed by atoms with Gasteiger partial charge in [0.15, 0.2) is 0 Å². The van der Waals surface area contributed by atoms with Gasteiger partial charge in [-0.25, -0.2) is 9.78 Å². The van der Waals surface area contributed by atoms with Crippen molar-refractivity contribution in [1.82, 2.24) is 14.7 Å². The molecule has 23 heavy (non-hydrogen) atoms. The van der Waals surface area contributed by atoms with Gasteiger partial charge in [-0.05, 0) is 53.7 Å². The maximum absolute atomic E-state index is 12.6. The van der Waals surface area contributed by atoms with Crippen LogP contribution >= 0.6 is 15.9 Å². The number of carbonyl (C=O) groups is 2. The largest absolute Gasteiger partial charge is 0.480 e. The number of nitrogens with one attached hydrogen (secondary N) is 1. The van der Waals surface area contributed by atoms with Crippen LogP contribution in [0.3, 0.4) is 0 Å². The quantitative estimate of drug-likeness (QED) is 0.833. The second-order valence-corrected chi connectivity index (χ2v) is 6.99. The molecule has 0 aliphatic heterocycles. The zero-order valence-electron chi connectivity index (χ0n) is 13.6. The van der Waals surface area contributed by atoms with Gasteiger partial charge in [-0.15, -0.1) is 0 Å². The first-order valence-corrected chi connectivity index (χ1v) is 8.18. The lowest BCUT2D eigenvalue weighted by molar-refractivity contribution is -0.139. The van der Waals surface area contributed by atoms with Gasteiger partial charge in [-0.3, -0.25) is 9.20 Å². The Hall–Kier alpha value is -1.89. The summed E-state index contributed by atoms with van der Waals surface area (Å²) in [5.74, 6) is -1.30. The van der Waals surface area contributed by atoms with Crippen LogP contribution in [-0.4, -0.2) is 32.4 Å². The molecule has 2 N–H and O–H groups in total. The molecule has 7 heteroatoms. The Balaban J connectivity index is 2.41. The van der Waals surface area contributed by atoms with Crippen LogP contribution in [0.5, 0.6) is 0 Å². The Bertz CT molecular complexity index is 768. The van der Waals surface area contributed by atoms with Crippen LogP contribution in [0.15, 0.2) is 16.7 Å². The molecule has 1 amide bonds. The van der Waals surface area contributed by atoms with Gasteiger partial charge in [0.1, 0.15) is 17.4 Å². The van der Waals surface area contributed by atoms with Crippen LogP contribution in [0.25, 0.3) is 5.65 Å². The summed E-state index contributed by atoms with van der Waals surface area (Å²) in [6, 6.07) is 1.00. The Labute approximate surface area is 143 Å². The number of nitrogens with zero attached hydrogens (tertiary/aromatic N) is 2. The molecule has 0 aromatic carbocycles. The molecule has 124 valence electrons. The number of aliphatic carboxylic acids is 1. The van der Waals surface area contributed by atoms with E-state index in [0.29, 0.717) is 23.5 Å². The number of hydrogen-bond acceptors (Lipinski definition) is 3. The van der Waals surface area contributed by atoms with E-state index in [1.54, 1.807) is 17.5 Å². The molecule has 6 nitrogen and oxygen atoms in total. The molecule has 2 heterocycles. The van der Waals surface area contributed by atoms with Crippen molar-refractivity contribution in [2.75, 3.05) is 0 Å². The molecule has 0 aliphatic carbocycles. The molecule has 0 radical (unpaired) electrons. The number of rotatable bonds is 5. The molecule has 1 unspecified atom stereocenters. The van der Waals surface area contributed by atoms with Gasteiger partial charge < -0.3 is 10.4 Å². The number of carboxylic acid groups (broad SMARTS) is 1. The summed E-state index contributed by atoms with van der Waals surface area (Å²) in [6.07, 6.45) is 2.13. The predicted molar refractivity (Wildman–Crippen MR) is 90.7 cm³/mol. The van der Waals surface area contributed by atoms with E-state index in [0.717, 1.165) is 10.0 Å². The summed E-state index contributed by atoms with van der Waals surface area (Å²) >= 11 is 3.41. The molecule has 0 bridgehead atoms. The maximum atomic E-state index is 12.6. The first kappa shape index (κ1) is 17.5. The second-order valence-electron chi connectivity index (χ2n) is 6.07. The molecule has 0 saturated heterocycles. The number of aromatic nitrogens is 2. The molecule has 2 aromatic rings. The molecule has 0 spiro atoms. The summed E-state index contributed by atoms with van der Waals surface area (Å²) in [6.45, 7) is 7.49. The Morgan fingerprint density at radius 2 is 2.04 bits per heavy atom. The molecule has 0 fully saturated rings. The number of carbonyl (C=O) groups excluding carboxylic acids is 1. The van der Waals surface area contributed by atoms with Gasteiger partial charge >= 0.3 is 5.97 Å². The zero-order chi connectivity index (χ0) is 17.3. The summed E-state index contributed by atoms with van der Waals surface area (Å²) in [4.78, 5) is 28.4. The predicted octanol–water partition coefficient (Wildman–Crippen LogP) is 2.94. The van der Waals surface area contributed by atoms with Crippen LogP contribution < -0.4 is 5.32 Å². The number of pyridine rings is 1. The highest BCUT2D eigenvalue weighted by atomic mass is 79.9. The Kier molecular flexibility index (Phi) is 5.09. The summed E-state index contributed by atoms with van der Waals surface area (Å²) in [5, 5.41) is 11.9. The van der Waals surface area contributed by atoms with Crippen molar-refractivity contribution in [2.45, 2.75) is 40.2 Å². The van der Waals surface area contributed by atoms with Crippen LogP contribution in [0.4, 0.5) is 0 Å². The number of aryl methyl sites for hydroxylation is 2. The van der Waals surface area contributed by atoms with Crippen LogP contribution in [-0.2, 0) is 4.79 Å². The van der Waals surface area contributed by atoms with E-state index in [2.05, 4.69) is 26.2 Å². The third-order valence-corrected chi connectivity index (χ3v) is 4.00. The highest BCUT2D eigenvalue weighted by molar-refractivity contribution is 9.10. The van der Waals surface area contributed by atoms with E-state index in [-0.39, 0.29) is 5.92 Å². The lowest BCUT2D eigenvalue weighted by atomic mass is 10.0. The van der Waals surface area contributed by atoms with E-state index >= 15 is 0 Å². The first-order valence-electron chi connectivity index (χ1n) is 7.39. The highest BCUT2D eigenvalue weighted by Gasteiger charge is 2.25. The monoisotopic (exact) mass is 381 g/mol. The fourth-order valence-corrected chi connectivity index (χ4v) is 3.12. The number of fused-ring (bicyclic) bond motifs is 1. The van der Waals surface area contributed by atoms with Gasteiger partial charge in [0.2, 0.25) is 0 Å². The van der Waals surface area contributed by atoms with E-state index in [4.69, 9.17) is 0 Å². The summed E-state index contributed by atoms with van der Waals surface area (Å²) in [5.41, 5.74) is 2.54. The number of halogens is 1. The van der Waals surface area contributed by atoms with Crippen molar-refractivity contribution in [3.8, 4) is 0 Å². The summed E-state index contributed by atoms with van der Waals surface area (Å²) < 4.78 is 2.52. The molecule has 0 saturated carbocycles. The molecular weight excluding hydrogens is 362 g/mol. The zero-order valence-corrected chi connectivity index (χ0v) is 15.1. The van der Waals surface area contributed by atoms with E-state index in [1.165, 1.54) is 0 Å². The van der Waals surface area contributed by atoms with Crippen molar-refractivity contribution >= 4 is 33.5 Å². The normalized spacial score (nSPS) is 12.6. The third-order valence-electron chi connectivity index (χ3n) is 3.57. The van der Waals surface area contributed by atoms with Gasteiger partial charge in [0.05, 0.1) is 5.69 Å². The maximum Gasteiger partial charge on any atom is 0.326 e. The number of amides is 1. The standard InChI is InChI=1S/C16H20BrN3O3/c1-8(2)5-12(16(22)23)19-15(21)13-10(4)18-14-9(3)6-11(17)7-20(13)14/h6-8,12H,5H2,1-4H3,(H,19,21)(H,22,23).